The predicted molar refractivity (Wildman–Crippen MR) is 98.4 cm³/mol. The van der Waals surface area contributed by atoms with Crippen LogP contribution in [0.25, 0.3) is 10.2 Å². The fourth-order valence-electron chi connectivity index (χ4n) is 2.88. The Labute approximate surface area is 157 Å². The quantitative estimate of drug-likeness (QED) is 0.693. The van der Waals surface area contributed by atoms with Crippen LogP contribution in [0.2, 0.25) is 0 Å². The number of hydrogen-bond acceptors (Lipinski definition) is 5. The lowest BCUT2D eigenvalue weighted by molar-refractivity contribution is 0.100. The molecule has 0 aliphatic carbocycles. The van der Waals surface area contributed by atoms with Gasteiger partial charge in [0.05, 0.1) is 17.4 Å². The standard InChI is InChI=1S/C17H17F2N5O2S/c1-4-24-8(3)9(6-21-24)16(26)23-12-11-7(2)5-10(14(18)19)22-17(11)27-13(12)15(20)25/h5-6,14H,4H2,1-3H3,(H2,20,25)(H,23,26). The second kappa shape index (κ2) is 7.03. The number of carbonyl (C=O) groups excluding carboxylic acids is 2. The minimum absolute atomic E-state index is 0.0564. The third kappa shape index (κ3) is 3.27. The number of halogens is 2. The van der Waals surface area contributed by atoms with E-state index in [0.29, 0.717) is 28.8 Å². The molecule has 10 heteroatoms. The molecule has 0 saturated heterocycles. The second-order valence-corrected chi connectivity index (χ2v) is 6.93. The number of fused-ring (bicyclic) bond motifs is 1. The van der Waals surface area contributed by atoms with Gasteiger partial charge in [0.1, 0.15) is 15.4 Å². The molecule has 27 heavy (non-hydrogen) atoms. The van der Waals surface area contributed by atoms with Gasteiger partial charge in [-0.1, -0.05) is 0 Å². The largest absolute Gasteiger partial charge is 0.365 e. The number of anilines is 1. The van der Waals surface area contributed by atoms with Crippen LogP contribution in [-0.4, -0.2) is 26.6 Å². The van der Waals surface area contributed by atoms with Crippen molar-refractivity contribution < 1.29 is 18.4 Å². The van der Waals surface area contributed by atoms with Crippen molar-refractivity contribution in [3.05, 3.63) is 39.7 Å². The number of carbonyl (C=O) groups is 2. The Kier molecular flexibility index (Phi) is 4.92. The van der Waals surface area contributed by atoms with Gasteiger partial charge < -0.3 is 11.1 Å². The first-order valence-corrected chi connectivity index (χ1v) is 8.92. The molecule has 2 amide bonds. The summed E-state index contributed by atoms with van der Waals surface area (Å²) in [7, 11) is 0. The van der Waals surface area contributed by atoms with E-state index >= 15 is 0 Å². The fraction of sp³-hybridized carbons (Fsp3) is 0.294. The highest BCUT2D eigenvalue weighted by molar-refractivity contribution is 7.21. The van der Waals surface area contributed by atoms with Crippen molar-refractivity contribution in [2.75, 3.05) is 5.32 Å². The highest BCUT2D eigenvalue weighted by Gasteiger charge is 2.24. The van der Waals surface area contributed by atoms with Crippen molar-refractivity contribution in [2.24, 2.45) is 5.73 Å². The van der Waals surface area contributed by atoms with Crippen molar-refractivity contribution in [3.63, 3.8) is 0 Å². The average molecular weight is 393 g/mol. The van der Waals surface area contributed by atoms with Crippen molar-refractivity contribution in [1.29, 1.82) is 0 Å². The van der Waals surface area contributed by atoms with Crippen LogP contribution in [0.15, 0.2) is 12.3 Å². The third-order valence-corrected chi connectivity index (χ3v) is 5.31. The Morgan fingerprint density at radius 1 is 1.37 bits per heavy atom. The Morgan fingerprint density at radius 2 is 2.07 bits per heavy atom. The molecular formula is C17H17F2N5O2S. The van der Waals surface area contributed by atoms with Gasteiger partial charge in [-0.2, -0.15) is 5.10 Å². The van der Waals surface area contributed by atoms with Gasteiger partial charge in [0, 0.05) is 17.6 Å². The van der Waals surface area contributed by atoms with Gasteiger partial charge in [0.25, 0.3) is 18.2 Å². The van der Waals surface area contributed by atoms with E-state index in [4.69, 9.17) is 5.73 Å². The van der Waals surface area contributed by atoms with Crippen molar-refractivity contribution in [1.82, 2.24) is 14.8 Å². The maximum atomic E-state index is 13.0. The number of hydrogen-bond donors (Lipinski definition) is 2. The van der Waals surface area contributed by atoms with Gasteiger partial charge in [-0.25, -0.2) is 13.8 Å². The minimum atomic E-state index is -2.74. The van der Waals surface area contributed by atoms with E-state index in [0.717, 1.165) is 11.3 Å². The van der Waals surface area contributed by atoms with Crippen molar-refractivity contribution in [2.45, 2.75) is 33.7 Å². The summed E-state index contributed by atoms with van der Waals surface area (Å²) in [5, 5.41) is 7.24. The van der Waals surface area contributed by atoms with E-state index in [1.54, 1.807) is 18.5 Å². The molecule has 0 unspecified atom stereocenters. The first-order valence-electron chi connectivity index (χ1n) is 8.10. The zero-order chi connectivity index (χ0) is 19.9. The molecule has 3 N–H and O–H groups in total. The molecular weight excluding hydrogens is 376 g/mol. The smallest absolute Gasteiger partial charge is 0.280 e. The summed E-state index contributed by atoms with van der Waals surface area (Å²) in [6, 6.07) is 1.24. The summed E-state index contributed by atoms with van der Waals surface area (Å²) in [4.78, 5) is 28.7. The number of pyridine rings is 1. The molecule has 7 nitrogen and oxygen atoms in total. The topological polar surface area (TPSA) is 103 Å². The molecule has 3 heterocycles. The van der Waals surface area contributed by atoms with Crippen LogP contribution in [0.1, 0.15) is 50.3 Å². The molecule has 142 valence electrons. The maximum Gasteiger partial charge on any atom is 0.280 e. The molecule has 0 atom stereocenters. The SMILES string of the molecule is CCn1ncc(C(=O)Nc2c(C(N)=O)sc3nc(C(F)F)cc(C)c23)c1C. The molecule has 0 bridgehead atoms. The summed E-state index contributed by atoms with van der Waals surface area (Å²) in [5.74, 6) is -1.24. The number of aryl methyl sites for hydroxylation is 2. The lowest BCUT2D eigenvalue weighted by Gasteiger charge is -2.08. The number of nitrogens with one attached hydrogen (secondary N) is 1. The zero-order valence-corrected chi connectivity index (χ0v) is 15.7. The first-order chi connectivity index (χ1) is 12.7. The highest BCUT2D eigenvalue weighted by Crippen LogP contribution is 2.38. The number of primary amides is 1. The fourth-order valence-corrected chi connectivity index (χ4v) is 3.95. The number of thiophene rings is 1. The Bertz CT molecular complexity index is 1060. The lowest BCUT2D eigenvalue weighted by atomic mass is 10.1. The monoisotopic (exact) mass is 393 g/mol. The lowest BCUT2D eigenvalue weighted by Crippen LogP contribution is -2.17. The Balaban J connectivity index is 2.12. The van der Waals surface area contributed by atoms with Gasteiger partial charge >= 0.3 is 0 Å². The molecule has 0 aliphatic heterocycles. The normalized spacial score (nSPS) is 11.3. The van der Waals surface area contributed by atoms with Crippen molar-refractivity contribution in [3.8, 4) is 0 Å². The van der Waals surface area contributed by atoms with E-state index in [2.05, 4.69) is 15.4 Å². The second-order valence-electron chi connectivity index (χ2n) is 5.93. The first kappa shape index (κ1) is 18.9. The summed E-state index contributed by atoms with van der Waals surface area (Å²) in [6.45, 7) is 5.87. The van der Waals surface area contributed by atoms with Crippen LogP contribution in [0.3, 0.4) is 0 Å². The van der Waals surface area contributed by atoms with Gasteiger partial charge in [-0.3, -0.25) is 14.3 Å². The molecule has 0 aliphatic rings. The molecule has 0 spiro atoms. The van der Waals surface area contributed by atoms with Gasteiger partial charge in [-0.15, -0.1) is 11.3 Å². The van der Waals surface area contributed by atoms with Crippen LogP contribution < -0.4 is 11.1 Å². The molecule has 0 aromatic carbocycles. The minimum Gasteiger partial charge on any atom is -0.365 e. The number of nitrogens with two attached hydrogens (primary N) is 1. The van der Waals surface area contributed by atoms with Crippen LogP contribution in [0, 0.1) is 13.8 Å². The molecule has 3 rings (SSSR count). The van der Waals surface area contributed by atoms with Crippen LogP contribution in [-0.2, 0) is 6.54 Å². The highest BCUT2D eigenvalue weighted by atomic mass is 32.1. The number of nitrogens with zero attached hydrogens (tertiary/aromatic N) is 3. The number of rotatable bonds is 5. The zero-order valence-electron chi connectivity index (χ0n) is 14.8. The van der Waals surface area contributed by atoms with Crippen LogP contribution in [0.5, 0.6) is 0 Å². The maximum absolute atomic E-state index is 13.0. The number of aromatic nitrogens is 3. The summed E-state index contributed by atoms with van der Waals surface area (Å²) in [5.41, 5.74) is 6.70. The third-order valence-electron chi connectivity index (χ3n) is 4.21. The van der Waals surface area contributed by atoms with Crippen molar-refractivity contribution >= 4 is 39.1 Å². The van der Waals surface area contributed by atoms with Crippen LogP contribution >= 0.6 is 11.3 Å². The summed E-state index contributed by atoms with van der Waals surface area (Å²) >= 11 is 0.874. The summed E-state index contributed by atoms with van der Waals surface area (Å²) in [6.07, 6.45) is -1.31. The van der Waals surface area contributed by atoms with E-state index in [1.165, 1.54) is 12.3 Å². The van der Waals surface area contributed by atoms with Gasteiger partial charge in [-0.05, 0) is 32.4 Å². The molecule has 3 aromatic rings. The Morgan fingerprint density at radius 3 is 2.63 bits per heavy atom. The molecule has 0 saturated carbocycles. The molecule has 0 fully saturated rings. The van der Waals surface area contributed by atoms with Gasteiger partial charge in [0.15, 0.2) is 0 Å². The number of alkyl halides is 2. The average Bonchev–Trinajstić information content (AvgIpc) is 3.15. The van der Waals surface area contributed by atoms with E-state index in [1.807, 2.05) is 6.92 Å². The van der Waals surface area contributed by atoms with Crippen LogP contribution in [0.4, 0.5) is 14.5 Å². The van der Waals surface area contributed by atoms with E-state index in [-0.39, 0.29) is 15.4 Å². The number of amides is 2. The van der Waals surface area contributed by atoms with E-state index < -0.39 is 23.9 Å². The Hall–Kier alpha value is -2.88. The summed E-state index contributed by atoms with van der Waals surface area (Å²) < 4.78 is 27.7. The molecule has 3 aromatic heterocycles. The predicted octanol–water partition coefficient (Wildman–Crippen LogP) is 3.42. The van der Waals surface area contributed by atoms with Gasteiger partial charge in [0.2, 0.25) is 0 Å². The molecule has 0 radical (unpaired) electrons. The van der Waals surface area contributed by atoms with E-state index in [9.17, 15) is 18.4 Å².